The number of aromatic nitrogens is 4. The number of benzene rings is 1. The second kappa shape index (κ2) is 6.94. The standard InChI is InChI=1S/C20H25N5O/c1-13(2)19-22-20(24-26-19)25-10-8-15(9-11-25)18-17(12-21-23-18)16-7-5-4-6-14(16)3/h4-7,12-13,15H,8-11H2,1-3H3,(H,21,23). The number of aromatic amines is 1. The van der Waals surface area contributed by atoms with Crippen molar-refractivity contribution in [2.75, 3.05) is 18.0 Å². The average molecular weight is 351 g/mol. The largest absolute Gasteiger partial charge is 0.338 e. The molecule has 0 atom stereocenters. The highest BCUT2D eigenvalue weighted by molar-refractivity contribution is 5.69. The van der Waals surface area contributed by atoms with Crippen molar-refractivity contribution in [2.45, 2.75) is 45.4 Å². The van der Waals surface area contributed by atoms with E-state index >= 15 is 0 Å². The Kier molecular flexibility index (Phi) is 4.49. The zero-order valence-electron chi connectivity index (χ0n) is 15.6. The van der Waals surface area contributed by atoms with E-state index in [1.165, 1.54) is 22.4 Å². The molecule has 26 heavy (non-hydrogen) atoms. The molecule has 1 N–H and O–H groups in total. The second-order valence-electron chi connectivity index (χ2n) is 7.36. The predicted molar refractivity (Wildman–Crippen MR) is 101 cm³/mol. The molecule has 0 bridgehead atoms. The zero-order valence-corrected chi connectivity index (χ0v) is 15.6. The monoisotopic (exact) mass is 351 g/mol. The molecule has 136 valence electrons. The molecule has 2 aromatic heterocycles. The van der Waals surface area contributed by atoms with Crippen LogP contribution in [0.15, 0.2) is 35.0 Å². The third-order valence-corrected chi connectivity index (χ3v) is 5.22. The van der Waals surface area contributed by atoms with Gasteiger partial charge in [0, 0.05) is 36.2 Å². The number of piperidine rings is 1. The Labute approximate surface area is 153 Å². The molecule has 1 aromatic carbocycles. The van der Waals surface area contributed by atoms with E-state index in [2.05, 4.69) is 70.3 Å². The van der Waals surface area contributed by atoms with Crippen LogP contribution in [-0.4, -0.2) is 33.4 Å². The lowest BCUT2D eigenvalue weighted by atomic mass is 9.88. The van der Waals surface area contributed by atoms with Gasteiger partial charge in [-0.1, -0.05) is 38.1 Å². The number of hydrogen-bond acceptors (Lipinski definition) is 5. The summed E-state index contributed by atoms with van der Waals surface area (Å²) >= 11 is 0. The maximum Gasteiger partial charge on any atom is 0.266 e. The van der Waals surface area contributed by atoms with Gasteiger partial charge in [0.2, 0.25) is 5.89 Å². The number of anilines is 1. The van der Waals surface area contributed by atoms with Crippen LogP contribution in [0.2, 0.25) is 0 Å². The van der Waals surface area contributed by atoms with E-state index in [-0.39, 0.29) is 5.92 Å². The second-order valence-corrected chi connectivity index (χ2v) is 7.36. The van der Waals surface area contributed by atoms with Crippen LogP contribution in [0.3, 0.4) is 0 Å². The van der Waals surface area contributed by atoms with E-state index in [1.807, 2.05) is 6.20 Å². The quantitative estimate of drug-likeness (QED) is 0.760. The molecule has 6 nitrogen and oxygen atoms in total. The molecule has 0 spiro atoms. The molecule has 1 aliphatic heterocycles. The summed E-state index contributed by atoms with van der Waals surface area (Å²) in [5.41, 5.74) is 5.01. The van der Waals surface area contributed by atoms with Crippen LogP contribution >= 0.6 is 0 Å². The van der Waals surface area contributed by atoms with Crippen LogP contribution in [0, 0.1) is 6.92 Å². The number of H-pyrrole nitrogens is 1. The summed E-state index contributed by atoms with van der Waals surface area (Å²) in [6.45, 7) is 8.13. The van der Waals surface area contributed by atoms with Crippen LogP contribution < -0.4 is 4.90 Å². The van der Waals surface area contributed by atoms with Crippen molar-refractivity contribution in [3.8, 4) is 11.1 Å². The minimum atomic E-state index is 0.260. The SMILES string of the molecule is Cc1ccccc1-c1cn[nH]c1C1CCN(c2noc(C(C)C)n2)CC1. The first-order valence-electron chi connectivity index (χ1n) is 9.31. The van der Waals surface area contributed by atoms with Crippen LogP contribution in [0.5, 0.6) is 0 Å². The predicted octanol–water partition coefficient (Wildman–Crippen LogP) is 4.28. The molecule has 0 amide bonds. The summed E-state index contributed by atoms with van der Waals surface area (Å²) in [6.07, 6.45) is 4.05. The lowest BCUT2D eigenvalue weighted by molar-refractivity contribution is 0.363. The maximum absolute atomic E-state index is 5.35. The third kappa shape index (κ3) is 3.11. The zero-order chi connectivity index (χ0) is 18.1. The minimum Gasteiger partial charge on any atom is -0.338 e. The van der Waals surface area contributed by atoms with Crippen molar-refractivity contribution >= 4 is 5.95 Å². The van der Waals surface area contributed by atoms with E-state index < -0.39 is 0 Å². The summed E-state index contributed by atoms with van der Waals surface area (Å²) in [5, 5.41) is 11.7. The van der Waals surface area contributed by atoms with E-state index in [4.69, 9.17) is 4.52 Å². The Morgan fingerprint density at radius 1 is 1.15 bits per heavy atom. The fraction of sp³-hybridized carbons (Fsp3) is 0.450. The Morgan fingerprint density at radius 2 is 1.92 bits per heavy atom. The molecule has 0 unspecified atom stereocenters. The molecule has 1 saturated heterocycles. The number of aryl methyl sites for hydroxylation is 1. The van der Waals surface area contributed by atoms with Gasteiger partial charge < -0.3 is 9.42 Å². The fourth-order valence-electron chi connectivity index (χ4n) is 3.66. The van der Waals surface area contributed by atoms with Crippen molar-refractivity contribution in [1.29, 1.82) is 0 Å². The van der Waals surface area contributed by atoms with Gasteiger partial charge >= 0.3 is 0 Å². The van der Waals surface area contributed by atoms with Crippen LogP contribution in [-0.2, 0) is 0 Å². The van der Waals surface area contributed by atoms with Gasteiger partial charge in [-0.05, 0) is 36.0 Å². The third-order valence-electron chi connectivity index (χ3n) is 5.22. The highest BCUT2D eigenvalue weighted by Gasteiger charge is 2.27. The first kappa shape index (κ1) is 16.8. The van der Waals surface area contributed by atoms with E-state index in [0.717, 1.165) is 31.9 Å². The van der Waals surface area contributed by atoms with Gasteiger partial charge in [-0.15, -0.1) is 0 Å². The first-order valence-corrected chi connectivity index (χ1v) is 9.31. The van der Waals surface area contributed by atoms with Crippen molar-refractivity contribution in [3.63, 3.8) is 0 Å². The lowest BCUT2D eigenvalue weighted by Crippen LogP contribution is -2.33. The van der Waals surface area contributed by atoms with Gasteiger partial charge in [0.05, 0.1) is 6.20 Å². The van der Waals surface area contributed by atoms with Crippen LogP contribution in [0.4, 0.5) is 5.95 Å². The summed E-state index contributed by atoms with van der Waals surface area (Å²) in [7, 11) is 0. The van der Waals surface area contributed by atoms with E-state index in [1.54, 1.807) is 0 Å². The van der Waals surface area contributed by atoms with Gasteiger partial charge in [0.1, 0.15) is 0 Å². The Morgan fingerprint density at radius 3 is 2.62 bits per heavy atom. The van der Waals surface area contributed by atoms with Gasteiger partial charge in [-0.2, -0.15) is 10.1 Å². The van der Waals surface area contributed by atoms with E-state index in [9.17, 15) is 0 Å². The molecular weight excluding hydrogens is 326 g/mol. The van der Waals surface area contributed by atoms with Gasteiger partial charge in [-0.3, -0.25) is 5.10 Å². The minimum absolute atomic E-state index is 0.260. The number of nitrogens with zero attached hydrogens (tertiary/aromatic N) is 4. The van der Waals surface area contributed by atoms with Crippen LogP contribution in [0.25, 0.3) is 11.1 Å². The number of hydrogen-bond donors (Lipinski definition) is 1. The molecule has 3 heterocycles. The molecular formula is C20H25N5O. The Balaban J connectivity index is 1.49. The fourth-order valence-corrected chi connectivity index (χ4v) is 3.66. The average Bonchev–Trinajstić information content (AvgIpc) is 3.32. The molecule has 6 heteroatoms. The summed E-state index contributed by atoms with van der Waals surface area (Å²) in [5.74, 6) is 2.16. The van der Waals surface area contributed by atoms with Crippen molar-refractivity contribution < 1.29 is 4.52 Å². The summed E-state index contributed by atoms with van der Waals surface area (Å²) in [4.78, 5) is 6.74. The normalized spacial score (nSPS) is 15.8. The topological polar surface area (TPSA) is 70.8 Å². The summed E-state index contributed by atoms with van der Waals surface area (Å²) in [6, 6.07) is 8.49. The van der Waals surface area contributed by atoms with Crippen molar-refractivity contribution in [2.24, 2.45) is 0 Å². The summed E-state index contributed by atoms with van der Waals surface area (Å²) < 4.78 is 5.35. The van der Waals surface area contributed by atoms with Crippen LogP contribution in [0.1, 0.15) is 55.7 Å². The van der Waals surface area contributed by atoms with Crippen molar-refractivity contribution in [3.05, 3.63) is 47.6 Å². The highest BCUT2D eigenvalue weighted by atomic mass is 16.5. The highest BCUT2D eigenvalue weighted by Crippen LogP contribution is 2.35. The Hall–Kier alpha value is -2.63. The molecule has 0 saturated carbocycles. The molecule has 1 aliphatic rings. The molecule has 0 aliphatic carbocycles. The van der Waals surface area contributed by atoms with E-state index in [0.29, 0.717) is 11.8 Å². The number of rotatable bonds is 4. The van der Waals surface area contributed by atoms with Gasteiger partial charge in [-0.25, -0.2) is 0 Å². The lowest BCUT2D eigenvalue weighted by Gasteiger charge is -2.30. The van der Waals surface area contributed by atoms with Gasteiger partial charge in [0.25, 0.3) is 5.95 Å². The maximum atomic E-state index is 5.35. The molecule has 3 aromatic rings. The first-order chi connectivity index (χ1) is 12.6. The molecule has 0 radical (unpaired) electrons. The number of nitrogens with one attached hydrogen (secondary N) is 1. The molecule has 4 rings (SSSR count). The van der Waals surface area contributed by atoms with Gasteiger partial charge in [0.15, 0.2) is 0 Å². The smallest absolute Gasteiger partial charge is 0.266 e. The Bertz CT molecular complexity index is 874. The van der Waals surface area contributed by atoms with Crippen molar-refractivity contribution in [1.82, 2.24) is 20.3 Å². The molecule has 1 fully saturated rings.